The number of thiazole rings is 1. The van der Waals surface area contributed by atoms with E-state index in [-0.39, 0.29) is 31.5 Å². The number of aryl methyl sites for hydroxylation is 1. The molecule has 1 unspecified atom stereocenters. The van der Waals surface area contributed by atoms with E-state index >= 15 is 0 Å². The van der Waals surface area contributed by atoms with Crippen LogP contribution < -0.4 is 4.90 Å². The van der Waals surface area contributed by atoms with Crippen LogP contribution in [0, 0.1) is 6.92 Å². The molecule has 0 bridgehead atoms. The Labute approximate surface area is 231 Å². The highest BCUT2D eigenvalue weighted by molar-refractivity contribution is 7.93. The van der Waals surface area contributed by atoms with E-state index in [1.165, 1.54) is 23.2 Å². The van der Waals surface area contributed by atoms with Gasteiger partial charge >= 0.3 is 5.91 Å². The molecule has 2 heterocycles. The first-order valence-corrected chi connectivity index (χ1v) is 14.6. The van der Waals surface area contributed by atoms with E-state index < -0.39 is 27.6 Å². The number of benzene rings is 3. The van der Waals surface area contributed by atoms with Gasteiger partial charge in [0.2, 0.25) is 9.84 Å². The molecule has 1 fully saturated rings. The molecule has 39 heavy (non-hydrogen) atoms. The SMILES string of the molecule is Cc1ccc(/C(O)=C2\C(=O)C(=O)N(c3ncc(S(=O)(=O)c4ccccc4)s3)C2c2ccc(C(C)C)cc2)cc1. The molecule has 1 aromatic heterocycles. The topological polar surface area (TPSA) is 105 Å². The van der Waals surface area contributed by atoms with Crippen molar-refractivity contribution in [1.29, 1.82) is 0 Å². The molecule has 1 aliphatic rings. The van der Waals surface area contributed by atoms with Gasteiger partial charge in [-0.2, -0.15) is 0 Å². The van der Waals surface area contributed by atoms with Gasteiger partial charge in [0.05, 0.1) is 22.7 Å². The third-order valence-electron chi connectivity index (χ3n) is 6.69. The lowest BCUT2D eigenvalue weighted by molar-refractivity contribution is -0.132. The van der Waals surface area contributed by atoms with Crippen LogP contribution in [0.3, 0.4) is 0 Å². The van der Waals surface area contributed by atoms with Crippen molar-refractivity contribution in [2.24, 2.45) is 0 Å². The fourth-order valence-electron chi connectivity index (χ4n) is 4.48. The molecule has 0 spiro atoms. The minimum atomic E-state index is -3.88. The van der Waals surface area contributed by atoms with Gasteiger partial charge in [0.1, 0.15) is 9.97 Å². The number of hydrogen-bond acceptors (Lipinski definition) is 7. The molecule has 7 nitrogen and oxygen atoms in total. The lowest BCUT2D eigenvalue weighted by Crippen LogP contribution is -2.29. The molecule has 4 aromatic rings. The number of carbonyl (C=O) groups is 2. The molecule has 198 valence electrons. The summed E-state index contributed by atoms with van der Waals surface area (Å²) in [6, 6.07) is 21.4. The molecule has 0 aliphatic carbocycles. The van der Waals surface area contributed by atoms with E-state index in [9.17, 15) is 23.1 Å². The summed E-state index contributed by atoms with van der Waals surface area (Å²) in [7, 11) is -3.88. The van der Waals surface area contributed by atoms with Crippen molar-refractivity contribution in [2.75, 3.05) is 4.90 Å². The number of hydrogen-bond donors (Lipinski definition) is 1. The average Bonchev–Trinajstić information content (AvgIpc) is 3.53. The zero-order chi connectivity index (χ0) is 27.9. The van der Waals surface area contributed by atoms with Crippen LogP contribution in [-0.2, 0) is 19.4 Å². The van der Waals surface area contributed by atoms with Crippen molar-refractivity contribution in [2.45, 2.75) is 41.8 Å². The zero-order valence-corrected chi connectivity index (χ0v) is 23.2. The first-order chi connectivity index (χ1) is 18.6. The Morgan fingerprint density at radius 2 is 1.59 bits per heavy atom. The first kappa shape index (κ1) is 26.5. The molecule has 5 rings (SSSR count). The quantitative estimate of drug-likeness (QED) is 0.176. The number of aliphatic hydroxyl groups excluding tert-OH is 1. The monoisotopic (exact) mass is 558 g/mol. The number of aliphatic hydroxyl groups is 1. The number of nitrogens with zero attached hydrogens (tertiary/aromatic N) is 2. The number of aromatic nitrogens is 1. The maximum Gasteiger partial charge on any atom is 0.301 e. The van der Waals surface area contributed by atoms with Crippen molar-refractivity contribution in [3.8, 4) is 0 Å². The summed E-state index contributed by atoms with van der Waals surface area (Å²) in [4.78, 5) is 32.4. The number of anilines is 1. The summed E-state index contributed by atoms with van der Waals surface area (Å²) >= 11 is 0.805. The molecule has 9 heteroatoms. The van der Waals surface area contributed by atoms with Crippen LogP contribution >= 0.6 is 11.3 Å². The Morgan fingerprint density at radius 1 is 0.949 bits per heavy atom. The molecule has 0 saturated carbocycles. The Hall–Kier alpha value is -4.08. The van der Waals surface area contributed by atoms with E-state index in [0.717, 1.165) is 22.5 Å². The average molecular weight is 559 g/mol. The Balaban J connectivity index is 1.66. The molecule has 1 aliphatic heterocycles. The lowest BCUT2D eigenvalue weighted by atomic mass is 9.93. The summed E-state index contributed by atoms with van der Waals surface area (Å²) in [5.41, 5.74) is 2.95. The molecular formula is C30H26N2O5S2. The van der Waals surface area contributed by atoms with Crippen LogP contribution in [0.2, 0.25) is 0 Å². The Kier molecular flexibility index (Phi) is 6.96. The maximum atomic E-state index is 13.4. The van der Waals surface area contributed by atoms with Gasteiger partial charge in [-0.15, -0.1) is 0 Å². The summed E-state index contributed by atoms with van der Waals surface area (Å²) in [5, 5.41) is 11.3. The third-order valence-corrected chi connectivity index (χ3v) is 9.91. The number of carbonyl (C=O) groups excluding carboxylic acids is 2. The van der Waals surface area contributed by atoms with Crippen LogP contribution in [-0.4, -0.2) is 30.2 Å². The van der Waals surface area contributed by atoms with Gasteiger partial charge in [0, 0.05) is 5.56 Å². The predicted octanol–water partition coefficient (Wildman–Crippen LogP) is 6.03. The van der Waals surface area contributed by atoms with E-state index in [0.29, 0.717) is 11.1 Å². The summed E-state index contributed by atoms with van der Waals surface area (Å²) in [6.45, 7) is 6.02. The second-order valence-electron chi connectivity index (χ2n) is 9.63. The summed E-state index contributed by atoms with van der Waals surface area (Å²) in [6.07, 6.45) is 1.19. The minimum absolute atomic E-state index is 0.0486. The highest BCUT2D eigenvalue weighted by atomic mass is 32.2. The first-order valence-electron chi connectivity index (χ1n) is 12.3. The molecule has 1 amide bonds. The Bertz CT molecular complexity index is 1690. The van der Waals surface area contributed by atoms with Gasteiger partial charge in [-0.1, -0.05) is 97.5 Å². The molecule has 1 atom stereocenters. The van der Waals surface area contributed by atoms with Crippen molar-refractivity contribution < 1.29 is 23.1 Å². The number of ketones is 1. The zero-order valence-electron chi connectivity index (χ0n) is 21.5. The van der Waals surface area contributed by atoms with Gasteiger partial charge in [-0.3, -0.25) is 14.5 Å². The fraction of sp³-hybridized carbons (Fsp3) is 0.167. The van der Waals surface area contributed by atoms with Crippen molar-refractivity contribution >= 4 is 43.8 Å². The third kappa shape index (κ3) is 4.79. The largest absolute Gasteiger partial charge is 0.507 e. The van der Waals surface area contributed by atoms with E-state index in [1.807, 2.05) is 31.2 Å². The van der Waals surface area contributed by atoms with Crippen LogP contribution in [0.5, 0.6) is 0 Å². The molecule has 0 radical (unpaired) electrons. The van der Waals surface area contributed by atoms with Gasteiger partial charge in [-0.05, 0) is 36.1 Å². The number of amides is 1. The van der Waals surface area contributed by atoms with Crippen molar-refractivity contribution in [1.82, 2.24) is 4.98 Å². The van der Waals surface area contributed by atoms with Gasteiger partial charge in [0.15, 0.2) is 5.13 Å². The predicted molar refractivity (Wildman–Crippen MR) is 151 cm³/mol. The minimum Gasteiger partial charge on any atom is -0.507 e. The van der Waals surface area contributed by atoms with Crippen LogP contribution in [0.1, 0.15) is 48.1 Å². The highest BCUT2D eigenvalue weighted by Crippen LogP contribution is 2.44. The van der Waals surface area contributed by atoms with E-state index in [4.69, 9.17) is 0 Å². The van der Waals surface area contributed by atoms with Gasteiger partial charge < -0.3 is 5.11 Å². The standard InChI is InChI=1S/C30H26N2O5S2/c1-18(2)20-13-15-21(16-14-20)26-25(27(33)22-11-9-19(3)10-12-22)28(34)29(35)32(26)30-31-17-24(38-30)39(36,37)23-7-5-4-6-8-23/h4-18,26,33H,1-3H3/b27-25+. The number of Topliss-reactive ketones (excluding diaryl/α,β-unsaturated/α-hetero) is 1. The second kappa shape index (κ2) is 10.2. The molecular weight excluding hydrogens is 532 g/mol. The van der Waals surface area contributed by atoms with Crippen LogP contribution in [0.15, 0.2) is 99.7 Å². The summed E-state index contributed by atoms with van der Waals surface area (Å²) in [5.74, 6) is -1.79. The maximum absolute atomic E-state index is 13.4. The highest BCUT2D eigenvalue weighted by Gasteiger charge is 2.48. The van der Waals surface area contributed by atoms with Crippen LogP contribution in [0.4, 0.5) is 5.13 Å². The number of sulfone groups is 1. The molecule has 3 aromatic carbocycles. The van der Waals surface area contributed by atoms with E-state index in [2.05, 4.69) is 18.8 Å². The summed E-state index contributed by atoms with van der Waals surface area (Å²) < 4.78 is 26.3. The Morgan fingerprint density at radius 3 is 2.21 bits per heavy atom. The van der Waals surface area contributed by atoms with Gasteiger partial charge in [0.25, 0.3) is 5.78 Å². The van der Waals surface area contributed by atoms with Crippen molar-refractivity contribution in [3.05, 3.63) is 113 Å². The van der Waals surface area contributed by atoms with Crippen molar-refractivity contribution in [3.63, 3.8) is 0 Å². The molecule has 1 N–H and O–H groups in total. The van der Waals surface area contributed by atoms with Crippen LogP contribution in [0.25, 0.3) is 5.76 Å². The normalized spacial score (nSPS) is 17.2. The fourth-order valence-corrected chi connectivity index (χ4v) is 7.05. The second-order valence-corrected chi connectivity index (χ2v) is 12.8. The smallest absolute Gasteiger partial charge is 0.301 e. The molecule has 1 saturated heterocycles. The number of rotatable bonds is 6. The van der Waals surface area contributed by atoms with Gasteiger partial charge in [-0.25, -0.2) is 13.4 Å². The van der Waals surface area contributed by atoms with E-state index in [1.54, 1.807) is 42.5 Å². The lowest BCUT2D eigenvalue weighted by Gasteiger charge is -2.23.